The van der Waals surface area contributed by atoms with Crippen molar-refractivity contribution in [1.82, 2.24) is 14.7 Å². The van der Waals surface area contributed by atoms with Gasteiger partial charge in [-0.1, -0.05) is 32.0 Å². The molecule has 10 heteroatoms. The molecule has 2 heterocycles. The molecule has 9 nitrogen and oxygen atoms in total. The van der Waals surface area contributed by atoms with Crippen LogP contribution in [0.4, 0.5) is 11.4 Å². The monoisotopic (exact) mass is 454 g/mol. The first-order valence-corrected chi connectivity index (χ1v) is 11.0. The molecule has 32 heavy (non-hydrogen) atoms. The van der Waals surface area contributed by atoms with Gasteiger partial charge in [0.1, 0.15) is 10.9 Å². The van der Waals surface area contributed by atoms with Gasteiger partial charge >= 0.3 is 0 Å². The van der Waals surface area contributed by atoms with Crippen LogP contribution in [0.15, 0.2) is 36.5 Å². The highest BCUT2D eigenvalue weighted by atomic mass is 32.1. The van der Waals surface area contributed by atoms with Gasteiger partial charge in [-0.15, -0.1) is 0 Å². The summed E-state index contributed by atoms with van der Waals surface area (Å²) in [6.07, 6.45) is 2.35. The van der Waals surface area contributed by atoms with Crippen LogP contribution in [-0.2, 0) is 4.79 Å². The zero-order valence-corrected chi connectivity index (χ0v) is 19.0. The molecule has 0 saturated carbocycles. The zero-order valence-electron chi connectivity index (χ0n) is 18.2. The first-order valence-electron chi connectivity index (χ1n) is 10.2. The number of nitrogens with zero attached hydrogens (tertiary/aromatic N) is 3. The number of carbonyl (C=O) groups excluding carboxylic acids is 3. The number of benzene rings is 1. The quantitative estimate of drug-likeness (QED) is 0.477. The highest BCUT2D eigenvalue weighted by molar-refractivity contribution is 7.09. The maximum absolute atomic E-state index is 13.5. The SMILES string of the molecule is CC(C)CCNC(=O)[C@H](C)N(C(=O)c1snc(C(N)=O)c1N)c1cnc2ccccc2c1. The van der Waals surface area contributed by atoms with Gasteiger partial charge in [-0.3, -0.25) is 24.3 Å². The van der Waals surface area contributed by atoms with Gasteiger partial charge in [-0.05, 0) is 42.9 Å². The fourth-order valence-electron chi connectivity index (χ4n) is 3.20. The minimum Gasteiger partial charge on any atom is -0.395 e. The Balaban J connectivity index is 2.01. The molecule has 0 radical (unpaired) electrons. The summed E-state index contributed by atoms with van der Waals surface area (Å²) in [6.45, 7) is 6.25. The van der Waals surface area contributed by atoms with Gasteiger partial charge in [0.15, 0.2) is 5.69 Å². The summed E-state index contributed by atoms with van der Waals surface area (Å²) in [5.41, 5.74) is 12.2. The van der Waals surface area contributed by atoms with E-state index in [1.165, 1.54) is 11.1 Å². The number of nitrogens with one attached hydrogen (secondary N) is 1. The van der Waals surface area contributed by atoms with E-state index in [-0.39, 0.29) is 22.2 Å². The Bertz CT molecular complexity index is 1160. The number of carbonyl (C=O) groups is 3. The molecule has 0 fully saturated rings. The van der Waals surface area contributed by atoms with Crippen molar-refractivity contribution in [2.75, 3.05) is 17.2 Å². The minimum absolute atomic E-state index is 0.0359. The predicted molar refractivity (Wildman–Crippen MR) is 126 cm³/mol. The maximum Gasteiger partial charge on any atom is 0.272 e. The van der Waals surface area contributed by atoms with Crippen LogP contribution >= 0.6 is 11.5 Å². The molecule has 0 aliphatic heterocycles. The van der Waals surface area contributed by atoms with Gasteiger partial charge in [0, 0.05) is 11.9 Å². The number of amides is 3. The molecule has 168 valence electrons. The third-order valence-corrected chi connectivity index (χ3v) is 5.87. The van der Waals surface area contributed by atoms with E-state index in [1.54, 1.807) is 13.0 Å². The van der Waals surface area contributed by atoms with E-state index < -0.39 is 17.9 Å². The predicted octanol–water partition coefficient (Wildman–Crippen LogP) is 2.57. The average Bonchev–Trinajstić information content (AvgIpc) is 3.15. The summed E-state index contributed by atoms with van der Waals surface area (Å²) in [6, 6.07) is 8.37. The molecule has 0 bridgehead atoms. The lowest BCUT2D eigenvalue weighted by Gasteiger charge is -2.28. The molecule has 1 atom stereocenters. The summed E-state index contributed by atoms with van der Waals surface area (Å²) in [4.78, 5) is 43.7. The third-order valence-electron chi connectivity index (χ3n) is 5.02. The Kier molecular flexibility index (Phi) is 7.04. The standard InChI is InChI=1S/C22H26N6O3S/c1-12(2)8-9-25-21(30)13(3)28(15-10-14-6-4-5-7-16(14)26-11-15)22(31)19-17(23)18(20(24)29)27-32-19/h4-7,10-13H,8-9,23H2,1-3H3,(H2,24,29)(H,25,30)/t13-/m0/s1. The van der Waals surface area contributed by atoms with Gasteiger partial charge < -0.3 is 16.8 Å². The molecule has 3 aromatic rings. The molecule has 0 spiro atoms. The molecular weight excluding hydrogens is 428 g/mol. The van der Waals surface area contributed by atoms with Crippen molar-refractivity contribution in [3.05, 3.63) is 47.1 Å². The number of anilines is 2. The molecule has 0 aliphatic carbocycles. The molecule has 5 N–H and O–H groups in total. The highest BCUT2D eigenvalue weighted by Crippen LogP contribution is 2.28. The van der Waals surface area contributed by atoms with E-state index in [4.69, 9.17) is 11.5 Å². The maximum atomic E-state index is 13.5. The van der Waals surface area contributed by atoms with Gasteiger partial charge in [0.05, 0.1) is 23.1 Å². The first-order chi connectivity index (χ1) is 15.2. The lowest BCUT2D eigenvalue weighted by molar-refractivity contribution is -0.122. The lowest BCUT2D eigenvalue weighted by Crippen LogP contribution is -2.48. The number of primary amides is 1. The minimum atomic E-state index is -0.865. The second-order valence-corrected chi connectivity index (χ2v) is 8.62. The van der Waals surface area contributed by atoms with Gasteiger partial charge in [-0.25, -0.2) is 0 Å². The number of hydrogen-bond acceptors (Lipinski definition) is 7. The molecular formula is C22H26N6O3S. The molecule has 1 aromatic carbocycles. The Morgan fingerprint density at radius 3 is 2.56 bits per heavy atom. The fourth-order valence-corrected chi connectivity index (χ4v) is 3.94. The number of rotatable bonds is 8. The van der Waals surface area contributed by atoms with Crippen LogP contribution in [0.5, 0.6) is 0 Å². The topological polar surface area (TPSA) is 144 Å². The van der Waals surface area contributed by atoms with Crippen molar-refractivity contribution in [2.45, 2.75) is 33.2 Å². The van der Waals surface area contributed by atoms with Crippen LogP contribution in [0.1, 0.15) is 47.4 Å². The smallest absolute Gasteiger partial charge is 0.272 e. The van der Waals surface area contributed by atoms with Crippen LogP contribution in [0.3, 0.4) is 0 Å². The average molecular weight is 455 g/mol. The van der Waals surface area contributed by atoms with Crippen LogP contribution < -0.4 is 21.7 Å². The summed E-state index contributed by atoms with van der Waals surface area (Å²) in [7, 11) is 0. The molecule has 0 unspecified atom stereocenters. The summed E-state index contributed by atoms with van der Waals surface area (Å²) in [5.74, 6) is -1.27. The van der Waals surface area contributed by atoms with E-state index in [2.05, 4.69) is 28.5 Å². The largest absolute Gasteiger partial charge is 0.395 e. The second-order valence-electron chi connectivity index (χ2n) is 7.85. The van der Waals surface area contributed by atoms with Crippen LogP contribution in [-0.4, -0.2) is 39.7 Å². The number of nitrogens with two attached hydrogens (primary N) is 2. The van der Waals surface area contributed by atoms with Crippen molar-refractivity contribution in [3.63, 3.8) is 0 Å². The third kappa shape index (κ3) is 4.86. The summed E-state index contributed by atoms with van der Waals surface area (Å²) in [5, 5.41) is 3.69. The molecule has 2 aromatic heterocycles. The van der Waals surface area contributed by atoms with Crippen LogP contribution in [0.2, 0.25) is 0 Å². The normalized spacial score (nSPS) is 12.0. The van der Waals surface area contributed by atoms with Crippen molar-refractivity contribution in [3.8, 4) is 0 Å². The number of nitrogen functional groups attached to an aromatic ring is 1. The molecule has 3 amide bonds. The van der Waals surface area contributed by atoms with E-state index in [0.717, 1.165) is 28.9 Å². The number of hydrogen-bond donors (Lipinski definition) is 3. The van der Waals surface area contributed by atoms with Crippen molar-refractivity contribution in [2.24, 2.45) is 11.7 Å². The Morgan fingerprint density at radius 1 is 1.19 bits per heavy atom. The number of fused-ring (bicyclic) bond motifs is 1. The first kappa shape index (κ1) is 23.1. The number of para-hydroxylation sites is 1. The van der Waals surface area contributed by atoms with Crippen molar-refractivity contribution < 1.29 is 14.4 Å². The Labute approximate surface area is 190 Å². The fraction of sp³-hybridized carbons (Fsp3) is 0.318. The van der Waals surface area contributed by atoms with E-state index >= 15 is 0 Å². The van der Waals surface area contributed by atoms with Crippen LogP contribution in [0.25, 0.3) is 10.9 Å². The Morgan fingerprint density at radius 2 is 1.91 bits per heavy atom. The van der Waals surface area contributed by atoms with E-state index in [0.29, 0.717) is 18.2 Å². The summed E-state index contributed by atoms with van der Waals surface area (Å²) < 4.78 is 3.91. The number of aromatic nitrogens is 2. The molecule has 3 rings (SSSR count). The highest BCUT2D eigenvalue weighted by Gasteiger charge is 2.32. The Hall–Kier alpha value is -3.53. The van der Waals surface area contributed by atoms with Crippen molar-refractivity contribution in [1.29, 1.82) is 0 Å². The molecule has 0 aliphatic rings. The van der Waals surface area contributed by atoms with Crippen LogP contribution in [0, 0.1) is 5.92 Å². The number of pyridine rings is 1. The van der Waals surface area contributed by atoms with Gasteiger partial charge in [-0.2, -0.15) is 4.37 Å². The van der Waals surface area contributed by atoms with Crippen molar-refractivity contribution >= 4 is 51.5 Å². The zero-order chi connectivity index (χ0) is 23.4. The summed E-state index contributed by atoms with van der Waals surface area (Å²) >= 11 is 0.771. The second kappa shape index (κ2) is 9.73. The lowest BCUT2D eigenvalue weighted by atomic mass is 10.1. The van der Waals surface area contributed by atoms with Gasteiger partial charge in [0.2, 0.25) is 5.91 Å². The van der Waals surface area contributed by atoms with E-state index in [1.807, 2.05) is 24.3 Å². The molecule has 0 saturated heterocycles. The van der Waals surface area contributed by atoms with E-state index in [9.17, 15) is 14.4 Å². The van der Waals surface area contributed by atoms with Gasteiger partial charge in [0.25, 0.3) is 11.8 Å².